The zero-order chi connectivity index (χ0) is 20.5. The monoisotopic (exact) mass is 403 g/mol. The Labute approximate surface area is 163 Å². The fourth-order valence-corrected chi connectivity index (χ4v) is 2.59. The third-order valence-electron chi connectivity index (χ3n) is 3.27. The number of ether oxygens (including phenoxy) is 1. The van der Waals surface area contributed by atoms with Crippen molar-refractivity contribution in [2.24, 2.45) is 0 Å². The van der Waals surface area contributed by atoms with Crippen molar-refractivity contribution in [3.63, 3.8) is 0 Å². The molecule has 6 nitrogen and oxygen atoms in total. The van der Waals surface area contributed by atoms with E-state index in [-0.39, 0.29) is 11.3 Å². The molecule has 0 aliphatic heterocycles. The van der Waals surface area contributed by atoms with Crippen LogP contribution < -0.4 is 15.2 Å². The van der Waals surface area contributed by atoms with Crippen LogP contribution in [-0.2, 0) is 9.59 Å². The van der Waals surface area contributed by atoms with Crippen molar-refractivity contribution in [3.05, 3.63) is 59.7 Å². The number of nitrogens with zero attached hydrogens (tertiary/aromatic N) is 1. The van der Waals surface area contributed by atoms with Gasteiger partial charge in [-0.1, -0.05) is 30.0 Å². The fourth-order valence-electron chi connectivity index (χ4n) is 2.09. The van der Waals surface area contributed by atoms with Crippen molar-refractivity contribution >= 4 is 35.4 Å². The zero-order valence-electron chi connectivity index (χ0n) is 14.2. The van der Waals surface area contributed by atoms with E-state index in [9.17, 15) is 28.7 Å². The molecule has 28 heavy (non-hydrogen) atoms. The lowest BCUT2D eigenvalue weighted by atomic mass is 10.1. The average molecular weight is 403 g/mol. The SMILES string of the molecule is N#C/C(=C\c1ccccc1OCC(=O)[O-])C(=O)Nc1ccc(SC(F)F)cc1. The molecule has 0 bridgehead atoms. The lowest BCUT2D eigenvalue weighted by Gasteiger charge is -2.10. The first-order valence-corrected chi connectivity index (χ1v) is 8.66. The lowest BCUT2D eigenvalue weighted by molar-refractivity contribution is -0.307. The van der Waals surface area contributed by atoms with Crippen LogP contribution in [0.25, 0.3) is 6.08 Å². The van der Waals surface area contributed by atoms with Crippen molar-refractivity contribution in [2.45, 2.75) is 10.7 Å². The summed E-state index contributed by atoms with van der Waals surface area (Å²) in [5.41, 5.74) is 0.404. The quantitative estimate of drug-likeness (QED) is 0.413. The number of hydrogen-bond acceptors (Lipinski definition) is 6. The van der Waals surface area contributed by atoms with Crippen LogP contribution in [-0.4, -0.2) is 24.2 Å². The molecule has 2 aromatic carbocycles. The van der Waals surface area contributed by atoms with Crippen LogP contribution in [0, 0.1) is 11.3 Å². The summed E-state index contributed by atoms with van der Waals surface area (Å²) in [6, 6.07) is 13.8. The van der Waals surface area contributed by atoms with Crippen LogP contribution in [0.15, 0.2) is 59.0 Å². The summed E-state index contributed by atoms with van der Waals surface area (Å²) in [7, 11) is 0. The molecule has 0 aliphatic rings. The van der Waals surface area contributed by atoms with E-state index >= 15 is 0 Å². The normalized spacial score (nSPS) is 11.0. The van der Waals surface area contributed by atoms with E-state index in [1.54, 1.807) is 24.3 Å². The fraction of sp³-hybridized carbons (Fsp3) is 0.105. The van der Waals surface area contributed by atoms with E-state index < -0.39 is 24.2 Å². The lowest BCUT2D eigenvalue weighted by Crippen LogP contribution is -2.29. The maximum absolute atomic E-state index is 12.3. The van der Waals surface area contributed by atoms with Crippen LogP contribution >= 0.6 is 11.8 Å². The van der Waals surface area contributed by atoms with Crippen molar-refractivity contribution < 1.29 is 28.2 Å². The molecule has 0 saturated carbocycles. The van der Waals surface area contributed by atoms with E-state index in [1.807, 2.05) is 0 Å². The summed E-state index contributed by atoms with van der Waals surface area (Å²) in [6.45, 7) is -0.679. The third-order valence-corrected chi connectivity index (χ3v) is 3.99. The molecule has 2 rings (SSSR count). The van der Waals surface area contributed by atoms with Gasteiger partial charge in [-0.25, -0.2) is 0 Å². The van der Waals surface area contributed by atoms with E-state index in [2.05, 4.69) is 5.32 Å². The number of carbonyl (C=O) groups is 2. The van der Waals surface area contributed by atoms with Crippen LogP contribution in [0.4, 0.5) is 14.5 Å². The Kier molecular flexibility index (Phi) is 7.54. The minimum atomic E-state index is -2.55. The number of thioether (sulfide) groups is 1. The Hall–Kier alpha value is -3.38. The average Bonchev–Trinajstić information content (AvgIpc) is 2.66. The van der Waals surface area contributed by atoms with Gasteiger partial charge in [0.15, 0.2) is 0 Å². The predicted molar refractivity (Wildman–Crippen MR) is 97.5 cm³/mol. The predicted octanol–water partition coefficient (Wildman–Crippen LogP) is 2.68. The highest BCUT2D eigenvalue weighted by Gasteiger charge is 2.12. The molecule has 0 unspecified atom stereocenters. The Morgan fingerprint density at radius 3 is 2.50 bits per heavy atom. The largest absolute Gasteiger partial charge is 0.546 e. The number of alkyl halides is 2. The number of hydrogen-bond donors (Lipinski definition) is 1. The molecule has 0 fully saturated rings. The van der Waals surface area contributed by atoms with E-state index in [0.717, 1.165) is 0 Å². The molecule has 2 aromatic rings. The Balaban J connectivity index is 2.15. The van der Waals surface area contributed by atoms with Crippen LogP contribution in [0.1, 0.15) is 5.56 Å². The molecule has 144 valence electrons. The van der Waals surface area contributed by atoms with Crippen molar-refractivity contribution in [3.8, 4) is 11.8 Å². The van der Waals surface area contributed by atoms with Crippen molar-refractivity contribution in [1.29, 1.82) is 5.26 Å². The maximum Gasteiger partial charge on any atom is 0.288 e. The highest BCUT2D eigenvalue weighted by Crippen LogP contribution is 2.26. The van der Waals surface area contributed by atoms with Crippen LogP contribution in [0.5, 0.6) is 5.75 Å². The van der Waals surface area contributed by atoms with Crippen LogP contribution in [0.2, 0.25) is 0 Å². The number of nitrogens with one attached hydrogen (secondary N) is 1. The highest BCUT2D eigenvalue weighted by molar-refractivity contribution is 7.99. The summed E-state index contributed by atoms with van der Waals surface area (Å²) in [5.74, 6) is -4.51. The summed E-state index contributed by atoms with van der Waals surface area (Å²) in [5, 5.41) is 22.3. The van der Waals surface area contributed by atoms with Gasteiger partial charge in [-0.15, -0.1) is 0 Å². The smallest absolute Gasteiger partial charge is 0.288 e. The second kappa shape index (κ2) is 10.1. The number of para-hydroxylation sites is 1. The zero-order valence-corrected chi connectivity index (χ0v) is 15.0. The number of carboxylic acids is 1. The summed E-state index contributed by atoms with van der Waals surface area (Å²) in [6.07, 6.45) is 1.25. The van der Waals surface area contributed by atoms with Gasteiger partial charge in [-0.2, -0.15) is 14.0 Å². The number of rotatable bonds is 8. The van der Waals surface area contributed by atoms with Gasteiger partial charge in [0.25, 0.3) is 11.7 Å². The molecule has 0 atom stereocenters. The number of amides is 1. The number of anilines is 1. The Morgan fingerprint density at radius 1 is 1.21 bits per heavy atom. The van der Waals surface area contributed by atoms with E-state index in [0.29, 0.717) is 27.9 Å². The number of carbonyl (C=O) groups excluding carboxylic acids is 2. The molecular formula is C19H13F2N2O4S-. The number of halogens is 2. The Bertz CT molecular complexity index is 924. The molecule has 0 aromatic heterocycles. The van der Waals surface area contributed by atoms with Gasteiger partial charge in [0, 0.05) is 16.1 Å². The number of benzene rings is 2. The molecule has 0 radical (unpaired) electrons. The van der Waals surface area contributed by atoms with Gasteiger partial charge in [0.05, 0.1) is 5.97 Å². The number of aliphatic carboxylic acids is 1. The van der Waals surface area contributed by atoms with Crippen molar-refractivity contribution in [1.82, 2.24) is 0 Å². The first-order valence-electron chi connectivity index (χ1n) is 7.78. The summed E-state index contributed by atoms with van der Waals surface area (Å²) in [4.78, 5) is 23.2. The highest BCUT2D eigenvalue weighted by atomic mass is 32.2. The van der Waals surface area contributed by atoms with Gasteiger partial charge < -0.3 is 20.0 Å². The molecule has 0 heterocycles. The number of carboxylic acid groups (broad SMARTS) is 1. The molecule has 0 aliphatic carbocycles. The van der Waals surface area contributed by atoms with Crippen molar-refractivity contribution in [2.75, 3.05) is 11.9 Å². The maximum atomic E-state index is 12.3. The van der Waals surface area contributed by atoms with Gasteiger partial charge in [0.1, 0.15) is 24.0 Å². The van der Waals surface area contributed by atoms with Gasteiger partial charge in [-0.05, 0) is 36.4 Å². The van der Waals surface area contributed by atoms with Gasteiger partial charge in [-0.3, -0.25) is 4.79 Å². The minimum Gasteiger partial charge on any atom is -0.546 e. The third kappa shape index (κ3) is 6.41. The van der Waals surface area contributed by atoms with Gasteiger partial charge >= 0.3 is 0 Å². The standard InChI is InChI=1S/C19H14F2N2O4S/c20-19(21)28-15-7-5-14(6-8-15)23-18(26)13(10-22)9-12-3-1-2-4-16(12)27-11-17(24)25/h1-9,19H,11H2,(H,23,26)(H,24,25)/p-1/b13-9+. The Morgan fingerprint density at radius 2 is 1.89 bits per heavy atom. The van der Waals surface area contributed by atoms with Gasteiger partial charge in [0.2, 0.25) is 0 Å². The van der Waals surface area contributed by atoms with Crippen LogP contribution in [0.3, 0.4) is 0 Å². The molecule has 1 amide bonds. The molecule has 0 spiro atoms. The summed E-state index contributed by atoms with van der Waals surface area (Å²) >= 11 is 0.377. The first-order chi connectivity index (χ1) is 13.4. The molecular weight excluding hydrogens is 390 g/mol. The second-order valence-electron chi connectivity index (χ2n) is 5.23. The first kappa shape index (κ1) is 20.9. The molecule has 1 N–H and O–H groups in total. The van der Waals surface area contributed by atoms with E-state index in [1.165, 1.54) is 36.4 Å². The second-order valence-corrected chi connectivity index (χ2v) is 6.29. The van der Waals surface area contributed by atoms with E-state index in [4.69, 9.17) is 4.74 Å². The number of nitriles is 1. The summed E-state index contributed by atoms with van der Waals surface area (Å²) < 4.78 is 29.7. The topological polar surface area (TPSA) is 102 Å². The molecule has 9 heteroatoms. The molecule has 0 saturated heterocycles. The minimum absolute atomic E-state index is 0.167.